The fraction of sp³-hybridized carbons (Fsp3) is 0.556. The van der Waals surface area contributed by atoms with E-state index < -0.39 is 18.9 Å². The van der Waals surface area contributed by atoms with Crippen molar-refractivity contribution in [1.29, 1.82) is 0 Å². The first kappa shape index (κ1) is 13.6. The number of nitrogens with zero attached hydrogens (tertiary/aromatic N) is 2. The number of alkyl halides is 2. The lowest BCUT2D eigenvalue weighted by molar-refractivity contribution is 0.0625. The molecular weight excluding hydrogens is 250 g/mol. The summed E-state index contributed by atoms with van der Waals surface area (Å²) >= 11 is 1.06. The van der Waals surface area contributed by atoms with E-state index in [1.165, 1.54) is 7.05 Å². The lowest BCUT2D eigenvalue weighted by Gasteiger charge is -2.15. The number of nitrogens with two attached hydrogens (primary N) is 1. The Morgan fingerprint density at radius 2 is 2.29 bits per heavy atom. The Morgan fingerprint density at radius 1 is 1.65 bits per heavy atom. The molecule has 0 radical (unpaired) electrons. The van der Waals surface area contributed by atoms with Gasteiger partial charge in [0, 0.05) is 13.6 Å². The molecule has 17 heavy (non-hydrogen) atoms. The summed E-state index contributed by atoms with van der Waals surface area (Å²) < 4.78 is 24.3. The summed E-state index contributed by atoms with van der Waals surface area (Å²) in [5.74, 6) is -0.471. The van der Waals surface area contributed by atoms with Gasteiger partial charge < -0.3 is 16.0 Å². The number of anilines is 2. The van der Waals surface area contributed by atoms with Crippen molar-refractivity contribution >= 4 is 28.2 Å². The smallest absolute Gasteiger partial charge is 0.267 e. The standard InChI is InChI=1S/C9H14F2N4OS/c1-3-13-9-14-7(12)6(17-9)8(16)15(2)4-5(10)11/h5H,3-4,12H2,1-2H3,(H,13,14). The lowest BCUT2D eigenvalue weighted by atomic mass is 10.4. The Morgan fingerprint density at radius 3 is 2.82 bits per heavy atom. The maximum atomic E-state index is 12.1. The van der Waals surface area contributed by atoms with Crippen molar-refractivity contribution in [2.75, 3.05) is 31.2 Å². The Labute approximate surface area is 102 Å². The number of nitrogens with one attached hydrogen (secondary N) is 1. The van der Waals surface area contributed by atoms with E-state index in [4.69, 9.17) is 5.73 Å². The number of carbonyl (C=O) groups excluding carboxylic acids is 1. The zero-order valence-corrected chi connectivity index (χ0v) is 10.4. The second kappa shape index (κ2) is 5.76. The Hall–Kier alpha value is -1.44. The summed E-state index contributed by atoms with van der Waals surface area (Å²) in [4.78, 5) is 16.8. The molecule has 8 heteroatoms. The first-order valence-corrected chi connectivity index (χ1v) is 5.81. The summed E-state index contributed by atoms with van der Waals surface area (Å²) in [6.07, 6.45) is -2.56. The number of halogens is 2. The number of aromatic nitrogens is 1. The van der Waals surface area contributed by atoms with Crippen molar-refractivity contribution in [3.8, 4) is 0 Å². The first-order chi connectivity index (χ1) is 7.95. The molecule has 0 saturated carbocycles. The molecule has 0 aliphatic rings. The molecular formula is C9H14F2N4OS. The summed E-state index contributed by atoms with van der Waals surface area (Å²) in [7, 11) is 1.31. The van der Waals surface area contributed by atoms with Crippen molar-refractivity contribution in [3.63, 3.8) is 0 Å². The van der Waals surface area contributed by atoms with Crippen molar-refractivity contribution in [2.45, 2.75) is 13.3 Å². The minimum absolute atomic E-state index is 0.0667. The molecule has 1 amide bonds. The molecule has 96 valence electrons. The predicted octanol–water partition coefficient (Wildman–Crippen LogP) is 1.49. The molecule has 0 saturated heterocycles. The van der Waals surface area contributed by atoms with Crippen LogP contribution >= 0.6 is 11.3 Å². The normalized spacial score (nSPS) is 10.6. The number of hydrogen-bond donors (Lipinski definition) is 2. The molecule has 1 heterocycles. The third-order valence-electron chi connectivity index (χ3n) is 1.93. The maximum Gasteiger partial charge on any atom is 0.267 e. The van der Waals surface area contributed by atoms with Gasteiger partial charge in [-0.05, 0) is 6.92 Å². The highest BCUT2D eigenvalue weighted by Gasteiger charge is 2.21. The number of rotatable bonds is 5. The highest BCUT2D eigenvalue weighted by atomic mass is 32.1. The first-order valence-electron chi connectivity index (χ1n) is 4.99. The topological polar surface area (TPSA) is 71.2 Å². The van der Waals surface area contributed by atoms with Crippen LogP contribution < -0.4 is 11.1 Å². The zero-order valence-electron chi connectivity index (χ0n) is 9.54. The Bertz CT molecular complexity index is 396. The van der Waals surface area contributed by atoms with Gasteiger partial charge in [-0.2, -0.15) is 0 Å². The Kier molecular flexibility index (Phi) is 4.62. The molecule has 0 aliphatic carbocycles. The molecule has 0 aliphatic heterocycles. The second-order valence-electron chi connectivity index (χ2n) is 3.34. The number of thiazole rings is 1. The Balaban J connectivity index is 2.81. The van der Waals surface area contributed by atoms with Crippen LogP contribution in [0.25, 0.3) is 0 Å². The van der Waals surface area contributed by atoms with Crippen LogP contribution in [0.2, 0.25) is 0 Å². The van der Waals surface area contributed by atoms with Gasteiger partial charge in [-0.15, -0.1) is 0 Å². The van der Waals surface area contributed by atoms with E-state index in [0.29, 0.717) is 11.7 Å². The summed E-state index contributed by atoms with van der Waals surface area (Å²) in [5, 5.41) is 3.42. The monoisotopic (exact) mass is 264 g/mol. The average molecular weight is 264 g/mol. The van der Waals surface area contributed by atoms with Crippen molar-refractivity contribution in [3.05, 3.63) is 4.88 Å². The van der Waals surface area contributed by atoms with Gasteiger partial charge in [-0.1, -0.05) is 11.3 Å². The van der Waals surface area contributed by atoms with E-state index in [9.17, 15) is 13.6 Å². The molecule has 0 atom stereocenters. The van der Waals surface area contributed by atoms with E-state index in [1.54, 1.807) is 0 Å². The van der Waals surface area contributed by atoms with Crippen LogP contribution in [0.1, 0.15) is 16.6 Å². The largest absolute Gasteiger partial charge is 0.382 e. The van der Waals surface area contributed by atoms with Crippen LogP contribution in [0.5, 0.6) is 0 Å². The second-order valence-corrected chi connectivity index (χ2v) is 4.34. The number of carbonyl (C=O) groups is 1. The summed E-state index contributed by atoms with van der Waals surface area (Å²) in [6, 6.07) is 0. The minimum Gasteiger partial charge on any atom is -0.382 e. The van der Waals surface area contributed by atoms with E-state index in [-0.39, 0.29) is 10.7 Å². The molecule has 1 aromatic heterocycles. The minimum atomic E-state index is -2.56. The third kappa shape index (κ3) is 3.52. The molecule has 5 nitrogen and oxygen atoms in total. The summed E-state index contributed by atoms with van der Waals surface area (Å²) in [6.45, 7) is 1.90. The summed E-state index contributed by atoms with van der Waals surface area (Å²) in [5.41, 5.74) is 5.57. The number of amides is 1. The van der Waals surface area contributed by atoms with Gasteiger partial charge in [0.2, 0.25) is 0 Å². The fourth-order valence-corrected chi connectivity index (χ4v) is 2.12. The van der Waals surface area contributed by atoms with Gasteiger partial charge in [0.15, 0.2) is 5.13 Å². The van der Waals surface area contributed by atoms with Gasteiger partial charge in [0.1, 0.15) is 10.7 Å². The highest BCUT2D eigenvalue weighted by molar-refractivity contribution is 7.18. The average Bonchev–Trinajstić information content (AvgIpc) is 2.58. The van der Waals surface area contributed by atoms with E-state index >= 15 is 0 Å². The van der Waals surface area contributed by atoms with Crippen LogP contribution in [0.3, 0.4) is 0 Å². The molecule has 3 N–H and O–H groups in total. The van der Waals surface area contributed by atoms with Gasteiger partial charge in [0.25, 0.3) is 12.3 Å². The van der Waals surface area contributed by atoms with Crippen molar-refractivity contribution < 1.29 is 13.6 Å². The SMILES string of the molecule is CCNc1nc(N)c(C(=O)N(C)CC(F)F)s1. The van der Waals surface area contributed by atoms with Gasteiger partial charge in [0.05, 0.1) is 6.54 Å². The maximum absolute atomic E-state index is 12.1. The van der Waals surface area contributed by atoms with E-state index in [2.05, 4.69) is 10.3 Å². The van der Waals surface area contributed by atoms with Crippen LogP contribution in [-0.2, 0) is 0 Å². The molecule has 0 aromatic carbocycles. The van der Waals surface area contributed by atoms with Gasteiger partial charge in [-0.3, -0.25) is 4.79 Å². The van der Waals surface area contributed by atoms with Crippen LogP contribution in [0.15, 0.2) is 0 Å². The van der Waals surface area contributed by atoms with Crippen molar-refractivity contribution in [2.24, 2.45) is 0 Å². The molecule has 0 fully saturated rings. The van der Waals surface area contributed by atoms with Crippen LogP contribution in [-0.4, -0.2) is 42.4 Å². The number of hydrogen-bond acceptors (Lipinski definition) is 5. The van der Waals surface area contributed by atoms with Crippen LogP contribution in [0, 0.1) is 0 Å². The highest BCUT2D eigenvalue weighted by Crippen LogP contribution is 2.26. The van der Waals surface area contributed by atoms with Crippen molar-refractivity contribution in [1.82, 2.24) is 9.88 Å². The predicted molar refractivity (Wildman–Crippen MR) is 63.7 cm³/mol. The van der Waals surface area contributed by atoms with E-state index in [0.717, 1.165) is 16.2 Å². The molecule has 0 spiro atoms. The third-order valence-corrected chi connectivity index (χ3v) is 2.95. The van der Waals surface area contributed by atoms with E-state index in [1.807, 2.05) is 6.92 Å². The lowest BCUT2D eigenvalue weighted by Crippen LogP contribution is -2.31. The quantitative estimate of drug-likeness (QED) is 0.845. The molecule has 1 aromatic rings. The van der Waals surface area contributed by atoms with Crippen LogP contribution in [0.4, 0.5) is 19.7 Å². The zero-order chi connectivity index (χ0) is 13.0. The molecule has 0 bridgehead atoms. The van der Waals surface area contributed by atoms with Gasteiger partial charge in [-0.25, -0.2) is 13.8 Å². The fourth-order valence-electron chi connectivity index (χ4n) is 1.18. The molecule has 0 unspecified atom stereocenters. The van der Waals surface area contributed by atoms with Gasteiger partial charge >= 0.3 is 0 Å². The molecule has 1 rings (SSSR count). The number of nitrogen functional groups attached to an aromatic ring is 1.